The molecule has 1 amide bonds. The summed E-state index contributed by atoms with van der Waals surface area (Å²) in [5.74, 6) is 0. The average Bonchev–Trinajstić information content (AvgIpc) is 3.13. The zero-order valence-electron chi connectivity index (χ0n) is 16.7. The van der Waals surface area contributed by atoms with Crippen LogP contribution >= 0.6 is 0 Å². The molecule has 3 aliphatic heterocycles. The second-order valence-electron chi connectivity index (χ2n) is 9.31. The lowest BCUT2D eigenvalue weighted by Crippen LogP contribution is -2.55. The fourth-order valence-corrected chi connectivity index (χ4v) is 5.01. The highest BCUT2D eigenvalue weighted by Crippen LogP contribution is 2.46. The van der Waals surface area contributed by atoms with Crippen molar-refractivity contribution in [1.82, 2.24) is 9.80 Å². The van der Waals surface area contributed by atoms with E-state index in [1.165, 1.54) is 5.70 Å². The van der Waals surface area contributed by atoms with Crippen LogP contribution in [0.15, 0.2) is 28.5 Å². The van der Waals surface area contributed by atoms with Gasteiger partial charge in [-0.05, 0) is 78.2 Å². The van der Waals surface area contributed by atoms with E-state index < -0.39 is 5.60 Å². The highest BCUT2D eigenvalue weighted by molar-refractivity contribution is 5.69. The number of carbonyl (C=O) groups is 1. The second-order valence-corrected chi connectivity index (χ2v) is 9.31. The number of hydrogen-bond donors (Lipinski definition) is 0. The molecular formula is C21H31N3O3. The van der Waals surface area contributed by atoms with Gasteiger partial charge in [0, 0.05) is 30.0 Å². The van der Waals surface area contributed by atoms with Crippen molar-refractivity contribution in [2.24, 2.45) is 4.99 Å². The third kappa shape index (κ3) is 3.64. The van der Waals surface area contributed by atoms with E-state index >= 15 is 0 Å². The van der Waals surface area contributed by atoms with Crippen LogP contribution in [-0.2, 0) is 9.47 Å². The minimum absolute atomic E-state index is 0.133. The Bertz CT molecular complexity index is 677. The summed E-state index contributed by atoms with van der Waals surface area (Å²) < 4.78 is 12.0. The fourth-order valence-electron chi connectivity index (χ4n) is 5.01. The Hall–Kier alpha value is -1.82. The van der Waals surface area contributed by atoms with Crippen molar-refractivity contribution in [3.63, 3.8) is 0 Å². The molecule has 0 aromatic carbocycles. The van der Waals surface area contributed by atoms with Gasteiger partial charge in [0.25, 0.3) is 0 Å². The molecule has 0 N–H and O–H groups in total. The molecule has 2 bridgehead atoms. The molecular weight excluding hydrogens is 342 g/mol. The van der Waals surface area contributed by atoms with Gasteiger partial charge in [0.1, 0.15) is 12.3 Å². The molecule has 148 valence electrons. The lowest BCUT2D eigenvalue weighted by Gasteiger charge is -2.44. The van der Waals surface area contributed by atoms with Gasteiger partial charge in [0.15, 0.2) is 0 Å². The summed E-state index contributed by atoms with van der Waals surface area (Å²) in [7, 11) is 0. The first-order valence-corrected chi connectivity index (χ1v) is 10.1. The Kier molecular flexibility index (Phi) is 4.57. The van der Waals surface area contributed by atoms with Crippen molar-refractivity contribution >= 4 is 12.8 Å². The lowest BCUT2D eigenvalue weighted by molar-refractivity contribution is -0.0672. The predicted molar refractivity (Wildman–Crippen MR) is 104 cm³/mol. The number of allylic oxidation sites excluding steroid dienone is 4. The Morgan fingerprint density at radius 2 is 1.96 bits per heavy atom. The van der Waals surface area contributed by atoms with Crippen molar-refractivity contribution in [2.75, 3.05) is 13.3 Å². The maximum atomic E-state index is 12.7. The van der Waals surface area contributed by atoms with E-state index in [1.54, 1.807) is 0 Å². The van der Waals surface area contributed by atoms with Crippen molar-refractivity contribution in [1.29, 1.82) is 0 Å². The molecule has 0 aromatic heterocycles. The first kappa shape index (κ1) is 18.5. The average molecular weight is 373 g/mol. The van der Waals surface area contributed by atoms with Crippen LogP contribution in [0.5, 0.6) is 0 Å². The number of rotatable bonds is 2. The number of carbonyl (C=O) groups excluding carboxylic acids is 1. The smallest absolute Gasteiger partial charge is 0.410 e. The molecule has 2 unspecified atom stereocenters. The van der Waals surface area contributed by atoms with E-state index in [2.05, 4.69) is 28.8 Å². The SMILES string of the molecule is C=NC1=CC=C(N2COC3(CC4CCC(C3)N4C(=O)OC(C)(C)C)C2)CC1. The van der Waals surface area contributed by atoms with Crippen LogP contribution in [0.25, 0.3) is 0 Å². The van der Waals surface area contributed by atoms with Gasteiger partial charge in [-0.1, -0.05) is 0 Å². The molecule has 0 saturated carbocycles. The summed E-state index contributed by atoms with van der Waals surface area (Å²) in [5.41, 5.74) is 1.79. The first-order valence-electron chi connectivity index (χ1n) is 10.1. The topological polar surface area (TPSA) is 54.4 Å². The van der Waals surface area contributed by atoms with Gasteiger partial charge >= 0.3 is 6.09 Å². The minimum atomic E-state index is -0.452. The molecule has 1 aliphatic carbocycles. The van der Waals surface area contributed by atoms with Gasteiger partial charge in [-0.3, -0.25) is 4.99 Å². The zero-order valence-corrected chi connectivity index (χ0v) is 16.7. The predicted octanol–water partition coefficient (Wildman–Crippen LogP) is 3.84. The number of hydrogen-bond acceptors (Lipinski definition) is 5. The minimum Gasteiger partial charge on any atom is -0.444 e. The van der Waals surface area contributed by atoms with Crippen LogP contribution in [0.3, 0.4) is 0 Å². The number of amides is 1. The summed E-state index contributed by atoms with van der Waals surface area (Å²) in [5, 5.41) is 0. The van der Waals surface area contributed by atoms with Gasteiger partial charge in [0.2, 0.25) is 0 Å². The Balaban J connectivity index is 1.43. The van der Waals surface area contributed by atoms with Crippen molar-refractivity contribution in [3.8, 4) is 0 Å². The first-order chi connectivity index (χ1) is 12.8. The van der Waals surface area contributed by atoms with Gasteiger partial charge in [-0.15, -0.1) is 0 Å². The Morgan fingerprint density at radius 1 is 1.26 bits per heavy atom. The normalized spacial score (nSPS) is 33.1. The third-order valence-corrected chi connectivity index (χ3v) is 6.16. The Morgan fingerprint density at radius 3 is 2.52 bits per heavy atom. The summed E-state index contributed by atoms with van der Waals surface area (Å²) in [6.07, 6.45) is 9.89. The molecule has 3 saturated heterocycles. The molecule has 0 aromatic rings. The van der Waals surface area contributed by atoms with E-state index in [0.29, 0.717) is 6.73 Å². The molecule has 2 atom stereocenters. The van der Waals surface area contributed by atoms with Crippen molar-refractivity contribution in [2.45, 2.75) is 82.6 Å². The molecule has 4 aliphatic rings. The van der Waals surface area contributed by atoms with Crippen LogP contribution in [0.2, 0.25) is 0 Å². The van der Waals surface area contributed by atoms with Gasteiger partial charge in [0.05, 0.1) is 5.60 Å². The fraction of sp³-hybridized carbons (Fsp3) is 0.714. The van der Waals surface area contributed by atoms with Crippen LogP contribution in [0.1, 0.15) is 59.3 Å². The molecule has 27 heavy (non-hydrogen) atoms. The van der Waals surface area contributed by atoms with Gasteiger partial charge < -0.3 is 19.3 Å². The summed E-state index contributed by atoms with van der Waals surface area (Å²) in [4.78, 5) is 21.1. The lowest BCUT2D eigenvalue weighted by atomic mass is 9.86. The highest BCUT2D eigenvalue weighted by Gasteiger charge is 2.54. The van der Waals surface area contributed by atoms with E-state index in [0.717, 1.165) is 50.8 Å². The largest absolute Gasteiger partial charge is 0.444 e. The van der Waals surface area contributed by atoms with E-state index in [9.17, 15) is 4.79 Å². The molecule has 6 heteroatoms. The van der Waals surface area contributed by atoms with Crippen LogP contribution in [0.4, 0.5) is 4.79 Å². The Labute approximate surface area is 161 Å². The maximum absolute atomic E-state index is 12.7. The van der Waals surface area contributed by atoms with Crippen LogP contribution in [0, 0.1) is 0 Å². The number of aliphatic imine (C=N–C) groups is 1. The van der Waals surface area contributed by atoms with Crippen LogP contribution in [-0.4, -0.2) is 59.2 Å². The van der Waals surface area contributed by atoms with E-state index in [4.69, 9.17) is 9.47 Å². The highest BCUT2D eigenvalue weighted by atomic mass is 16.6. The number of ether oxygens (including phenoxy) is 2. The van der Waals surface area contributed by atoms with Crippen molar-refractivity contribution < 1.29 is 14.3 Å². The molecule has 1 spiro atoms. The standard InChI is InChI=1S/C21H31N3O3/c1-20(2,3)27-19(25)24-17-9-10-18(24)12-21(11-17)13-23(14-26-21)16-7-5-15(22-4)6-8-16/h5,7,17-18H,4,6,8-14H2,1-3H3. The van der Waals surface area contributed by atoms with Gasteiger partial charge in [-0.2, -0.15) is 0 Å². The number of fused-ring (bicyclic) bond motifs is 2. The van der Waals surface area contributed by atoms with Gasteiger partial charge in [-0.25, -0.2) is 4.79 Å². The molecule has 3 heterocycles. The van der Waals surface area contributed by atoms with Crippen molar-refractivity contribution in [3.05, 3.63) is 23.5 Å². The second kappa shape index (κ2) is 6.66. The third-order valence-electron chi connectivity index (χ3n) is 6.16. The van der Waals surface area contributed by atoms with E-state index in [1.807, 2.05) is 25.7 Å². The zero-order chi connectivity index (χ0) is 19.2. The molecule has 0 radical (unpaired) electrons. The molecule has 6 nitrogen and oxygen atoms in total. The molecule has 4 rings (SSSR count). The molecule has 3 fully saturated rings. The summed E-state index contributed by atoms with van der Waals surface area (Å²) in [6, 6.07) is 0.464. The monoisotopic (exact) mass is 373 g/mol. The quantitative estimate of drug-likeness (QED) is 0.690. The summed E-state index contributed by atoms with van der Waals surface area (Å²) >= 11 is 0. The summed E-state index contributed by atoms with van der Waals surface area (Å²) in [6.45, 7) is 10.9. The number of piperidine rings is 1. The van der Waals surface area contributed by atoms with Crippen LogP contribution < -0.4 is 0 Å². The number of nitrogens with zero attached hydrogens (tertiary/aromatic N) is 3. The van der Waals surface area contributed by atoms with E-state index in [-0.39, 0.29) is 23.8 Å². The maximum Gasteiger partial charge on any atom is 0.410 e.